The Kier molecular flexibility index (Phi) is 4.59. The van der Waals surface area contributed by atoms with Gasteiger partial charge in [0, 0.05) is 6.04 Å². The first-order valence-corrected chi connectivity index (χ1v) is 7.36. The third kappa shape index (κ3) is 3.16. The summed E-state index contributed by atoms with van der Waals surface area (Å²) in [5.74, 6) is 0.984. The van der Waals surface area contributed by atoms with E-state index in [1.807, 2.05) is 6.92 Å². The maximum Gasteiger partial charge on any atom is 0.104 e. The van der Waals surface area contributed by atoms with Crippen LogP contribution in [0, 0.1) is 6.92 Å². The molecule has 0 aliphatic carbocycles. The van der Waals surface area contributed by atoms with Crippen LogP contribution in [0.15, 0.2) is 18.2 Å². The molecule has 0 aliphatic rings. The number of rotatable bonds is 6. The largest absolute Gasteiger partial charge is 0.342 e. The first-order chi connectivity index (χ1) is 9.15. The van der Waals surface area contributed by atoms with Crippen molar-refractivity contribution in [3.8, 4) is 0 Å². The van der Waals surface area contributed by atoms with Gasteiger partial charge in [-0.05, 0) is 51.1 Å². The lowest BCUT2D eigenvalue weighted by Crippen LogP contribution is -2.27. The number of aryl methyl sites for hydroxylation is 1. The molecule has 0 saturated carbocycles. The second-order valence-corrected chi connectivity index (χ2v) is 5.26. The van der Waals surface area contributed by atoms with Gasteiger partial charge in [-0.2, -0.15) is 0 Å². The summed E-state index contributed by atoms with van der Waals surface area (Å²) >= 11 is 0. The van der Waals surface area contributed by atoms with Crippen molar-refractivity contribution in [1.82, 2.24) is 14.9 Å². The number of benzene rings is 1. The number of fused-ring (bicyclic) bond motifs is 1. The third-order valence-corrected chi connectivity index (χ3v) is 3.86. The first-order valence-electron chi connectivity index (χ1n) is 7.36. The van der Waals surface area contributed by atoms with E-state index in [-0.39, 0.29) is 0 Å². The maximum atomic E-state index is 4.46. The van der Waals surface area contributed by atoms with E-state index in [0.29, 0.717) is 6.04 Å². The fourth-order valence-electron chi connectivity index (χ4n) is 2.61. The highest BCUT2D eigenvalue weighted by molar-refractivity contribution is 5.75. The number of aromatic amines is 1. The van der Waals surface area contributed by atoms with Crippen LogP contribution >= 0.6 is 0 Å². The fraction of sp³-hybridized carbons (Fsp3) is 0.562. The van der Waals surface area contributed by atoms with Gasteiger partial charge >= 0.3 is 0 Å². The van der Waals surface area contributed by atoms with Crippen molar-refractivity contribution < 1.29 is 0 Å². The van der Waals surface area contributed by atoms with Crippen molar-refractivity contribution >= 4 is 11.0 Å². The molecule has 2 aromatic rings. The molecule has 1 unspecified atom stereocenters. The van der Waals surface area contributed by atoms with Gasteiger partial charge in [0.15, 0.2) is 0 Å². The molecule has 0 saturated heterocycles. The highest BCUT2D eigenvalue weighted by Crippen LogP contribution is 2.23. The monoisotopic (exact) mass is 259 g/mol. The predicted molar refractivity (Wildman–Crippen MR) is 81.4 cm³/mol. The van der Waals surface area contributed by atoms with Crippen LogP contribution in [0.25, 0.3) is 11.0 Å². The van der Waals surface area contributed by atoms with Gasteiger partial charge in [-0.25, -0.2) is 4.98 Å². The highest BCUT2D eigenvalue weighted by Gasteiger charge is 2.14. The average molecular weight is 259 g/mol. The minimum absolute atomic E-state index is 0.463. The lowest BCUT2D eigenvalue weighted by atomic mass is 10.1. The molecule has 0 amide bonds. The Balaban J connectivity index is 2.21. The van der Waals surface area contributed by atoms with Crippen molar-refractivity contribution in [2.75, 3.05) is 13.1 Å². The van der Waals surface area contributed by atoms with E-state index < -0.39 is 0 Å². The molecule has 1 aromatic carbocycles. The van der Waals surface area contributed by atoms with Crippen LogP contribution in [0.1, 0.15) is 51.0 Å². The molecule has 3 nitrogen and oxygen atoms in total. The molecule has 2 rings (SSSR count). The smallest absolute Gasteiger partial charge is 0.104 e. The number of aromatic nitrogens is 2. The molecule has 1 N–H and O–H groups in total. The summed E-state index contributed by atoms with van der Waals surface area (Å²) in [6.45, 7) is 11.1. The van der Waals surface area contributed by atoms with E-state index in [4.69, 9.17) is 0 Å². The zero-order chi connectivity index (χ0) is 13.8. The standard InChI is InChI=1S/C16H25N3/c1-5-7-10-19(6-2)12(3)14-8-9-15-16(11-14)18-13(4)17-15/h8-9,11-12H,5-7,10H2,1-4H3,(H,17,18). The molecular weight excluding hydrogens is 234 g/mol. The van der Waals surface area contributed by atoms with E-state index in [0.717, 1.165) is 23.4 Å². The summed E-state index contributed by atoms with van der Waals surface area (Å²) in [7, 11) is 0. The first kappa shape index (κ1) is 14.1. The average Bonchev–Trinajstić information content (AvgIpc) is 2.78. The number of H-pyrrole nitrogens is 1. The minimum Gasteiger partial charge on any atom is -0.342 e. The van der Waals surface area contributed by atoms with Crippen molar-refractivity contribution in [2.45, 2.75) is 46.6 Å². The molecule has 0 aliphatic heterocycles. The Bertz CT molecular complexity index is 530. The SMILES string of the molecule is CCCCN(CC)C(C)c1ccc2nc(C)[nH]c2c1. The Labute approximate surface area is 116 Å². The van der Waals surface area contributed by atoms with Gasteiger partial charge in [-0.15, -0.1) is 0 Å². The number of hydrogen-bond acceptors (Lipinski definition) is 2. The van der Waals surface area contributed by atoms with Gasteiger partial charge in [0.05, 0.1) is 11.0 Å². The summed E-state index contributed by atoms with van der Waals surface area (Å²) in [5, 5.41) is 0. The van der Waals surface area contributed by atoms with Crippen LogP contribution < -0.4 is 0 Å². The molecule has 0 bridgehead atoms. The van der Waals surface area contributed by atoms with Crippen LogP contribution in [0.4, 0.5) is 0 Å². The molecular formula is C16H25N3. The zero-order valence-electron chi connectivity index (χ0n) is 12.5. The van der Waals surface area contributed by atoms with E-state index in [1.54, 1.807) is 0 Å². The summed E-state index contributed by atoms with van der Waals surface area (Å²) in [6.07, 6.45) is 2.52. The minimum atomic E-state index is 0.463. The quantitative estimate of drug-likeness (QED) is 0.848. The molecule has 1 atom stereocenters. The molecule has 104 valence electrons. The van der Waals surface area contributed by atoms with Gasteiger partial charge in [0.2, 0.25) is 0 Å². The van der Waals surface area contributed by atoms with Crippen molar-refractivity contribution in [1.29, 1.82) is 0 Å². The normalized spacial score (nSPS) is 13.3. The number of hydrogen-bond donors (Lipinski definition) is 1. The molecule has 1 aromatic heterocycles. The number of unbranched alkanes of at least 4 members (excludes halogenated alkanes) is 1. The number of nitrogens with one attached hydrogen (secondary N) is 1. The second kappa shape index (κ2) is 6.20. The number of nitrogens with zero attached hydrogens (tertiary/aromatic N) is 2. The van der Waals surface area contributed by atoms with E-state index in [2.05, 4.69) is 53.8 Å². The van der Waals surface area contributed by atoms with Gasteiger partial charge in [-0.1, -0.05) is 26.3 Å². The third-order valence-electron chi connectivity index (χ3n) is 3.86. The summed E-state index contributed by atoms with van der Waals surface area (Å²) in [6, 6.07) is 7.04. The lowest BCUT2D eigenvalue weighted by Gasteiger charge is -2.28. The van der Waals surface area contributed by atoms with Crippen molar-refractivity contribution in [2.24, 2.45) is 0 Å². The second-order valence-electron chi connectivity index (χ2n) is 5.26. The Morgan fingerprint density at radius 1 is 1.32 bits per heavy atom. The topological polar surface area (TPSA) is 31.9 Å². The summed E-state index contributed by atoms with van der Waals surface area (Å²) in [4.78, 5) is 10.3. The van der Waals surface area contributed by atoms with Gasteiger partial charge < -0.3 is 4.98 Å². The van der Waals surface area contributed by atoms with Crippen molar-refractivity contribution in [3.05, 3.63) is 29.6 Å². The molecule has 3 heteroatoms. The summed E-state index contributed by atoms with van der Waals surface area (Å²) < 4.78 is 0. The van der Waals surface area contributed by atoms with Gasteiger partial charge in [0.1, 0.15) is 5.82 Å². The highest BCUT2D eigenvalue weighted by atomic mass is 15.1. The van der Waals surface area contributed by atoms with Gasteiger partial charge in [0.25, 0.3) is 0 Å². The van der Waals surface area contributed by atoms with Crippen LogP contribution in [0.2, 0.25) is 0 Å². The summed E-state index contributed by atoms with van der Waals surface area (Å²) in [5.41, 5.74) is 3.58. The molecule has 0 fully saturated rings. The van der Waals surface area contributed by atoms with Crippen LogP contribution in [0.5, 0.6) is 0 Å². The van der Waals surface area contributed by atoms with Gasteiger partial charge in [-0.3, -0.25) is 4.90 Å². The van der Waals surface area contributed by atoms with Crippen molar-refractivity contribution in [3.63, 3.8) is 0 Å². The van der Waals surface area contributed by atoms with E-state index >= 15 is 0 Å². The molecule has 1 heterocycles. The van der Waals surface area contributed by atoms with Crippen LogP contribution in [-0.2, 0) is 0 Å². The Morgan fingerprint density at radius 3 is 2.79 bits per heavy atom. The number of imidazole rings is 1. The Hall–Kier alpha value is -1.35. The maximum absolute atomic E-state index is 4.46. The van der Waals surface area contributed by atoms with E-state index in [1.165, 1.54) is 24.9 Å². The van der Waals surface area contributed by atoms with Crippen LogP contribution in [-0.4, -0.2) is 28.0 Å². The molecule has 0 spiro atoms. The van der Waals surface area contributed by atoms with Crippen LogP contribution in [0.3, 0.4) is 0 Å². The molecule has 19 heavy (non-hydrogen) atoms. The lowest BCUT2D eigenvalue weighted by molar-refractivity contribution is 0.219. The molecule has 0 radical (unpaired) electrons. The fourth-order valence-corrected chi connectivity index (χ4v) is 2.61. The predicted octanol–water partition coefficient (Wildman–Crippen LogP) is 4.05. The Morgan fingerprint density at radius 2 is 2.11 bits per heavy atom. The van der Waals surface area contributed by atoms with E-state index in [9.17, 15) is 0 Å². The zero-order valence-corrected chi connectivity index (χ0v) is 12.5.